The highest BCUT2D eigenvalue weighted by atomic mass is 19.4. The van der Waals surface area contributed by atoms with Gasteiger partial charge in [-0.15, -0.1) is 0 Å². The molecule has 0 bridgehead atoms. The van der Waals surface area contributed by atoms with E-state index in [1.807, 2.05) is 6.07 Å². The van der Waals surface area contributed by atoms with Crippen LogP contribution in [0.2, 0.25) is 0 Å². The number of alkyl halides is 3. The summed E-state index contributed by atoms with van der Waals surface area (Å²) < 4.78 is 37.8. The van der Waals surface area contributed by atoms with E-state index in [-0.39, 0.29) is 5.91 Å². The van der Waals surface area contributed by atoms with E-state index in [0.717, 1.165) is 41.6 Å². The maximum atomic E-state index is 12.6. The summed E-state index contributed by atoms with van der Waals surface area (Å²) in [5, 5.41) is 3.51. The molecule has 1 aromatic heterocycles. The third kappa shape index (κ3) is 5.04. The lowest BCUT2D eigenvalue weighted by Gasteiger charge is -2.10. The Morgan fingerprint density at radius 1 is 1.07 bits per heavy atom. The zero-order valence-electron chi connectivity index (χ0n) is 16.0. The standard InChI is InChI=1S/C22H22F3N3O/c1-2-3-17-13-19(26)18-12-15(6-9-20(18)28-17)21(29)27-11-10-14-4-7-16(8-5-14)22(23,24)25/h4-9,12-13H,2-3,10-11H2,1H3,(H2,26,28)(H,27,29). The number of nitrogens with one attached hydrogen (secondary N) is 1. The van der Waals surface area contributed by atoms with Crippen LogP contribution in [-0.2, 0) is 19.0 Å². The van der Waals surface area contributed by atoms with E-state index in [1.165, 1.54) is 12.1 Å². The van der Waals surface area contributed by atoms with Crippen molar-refractivity contribution in [2.75, 3.05) is 12.3 Å². The number of pyridine rings is 1. The van der Waals surface area contributed by atoms with E-state index >= 15 is 0 Å². The van der Waals surface area contributed by atoms with E-state index in [2.05, 4.69) is 17.2 Å². The molecule has 3 N–H and O–H groups in total. The number of nitrogens with zero attached hydrogens (tertiary/aromatic N) is 1. The van der Waals surface area contributed by atoms with Gasteiger partial charge in [-0.25, -0.2) is 0 Å². The van der Waals surface area contributed by atoms with Crippen molar-refractivity contribution in [2.24, 2.45) is 0 Å². The number of carbonyl (C=O) groups is 1. The molecule has 0 saturated heterocycles. The summed E-state index contributed by atoms with van der Waals surface area (Å²) in [4.78, 5) is 17.0. The van der Waals surface area contributed by atoms with Crippen LogP contribution in [0.1, 0.15) is 40.5 Å². The number of benzene rings is 2. The van der Waals surface area contributed by atoms with Crippen molar-refractivity contribution in [3.8, 4) is 0 Å². The molecular weight excluding hydrogens is 379 g/mol. The van der Waals surface area contributed by atoms with Crippen LogP contribution in [0.25, 0.3) is 10.9 Å². The van der Waals surface area contributed by atoms with Gasteiger partial charge in [-0.3, -0.25) is 9.78 Å². The lowest BCUT2D eigenvalue weighted by atomic mass is 10.1. The number of hydrogen-bond acceptors (Lipinski definition) is 3. The number of aromatic nitrogens is 1. The molecule has 0 fully saturated rings. The van der Waals surface area contributed by atoms with Gasteiger partial charge in [0.05, 0.1) is 11.1 Å². The normalized spacial score (nSPS) is 11.6. The molecule has 152 valence electrons. The SMILES string of the molecule is CCCc1cc(N)c2cc(C(=O)NCCc3ccc(C(F)(F)F)cc3)ccc2n1. The zero-order valence-corrected chi connectivity index (χ0v) is 16.0. The Kier molecular flexibility index (Phi) is 6.06. The van der Waals surface area contributed by atoms with Crippen molar-refractivity contribution in [1.82, 2.24) is 10.3 Å². The molecule has 3 rings (SSSR count). The molecule has 4 nitrogen and oxygen atoms in total. The summed E-state index contributed by atoms with van der Waals surface area (Å²) >= 11 is 0. The van der Waals surface area contributed by atoms with E-state index in [0.29, 0.717) is 29.8 Å². The molecule has 0 saturated carbocycles. The zero-order chi connectivity index (χ0) is 21.0. The Morgan fingerprint density at radius 2 is 1.79 bits per heavy atom. The van der Waals surface area contributed by atoms with Crippen LogP contribution in [0.3, 0.4) is 0 Å². The first-order valence-corrected chi connectivity index (χ1v) is 9.41. The molecule has 0 aliphatic carbocycles. The Hall–Kier alpha value is -3.09. The molecule has 0 spiro atoms. The Labute approximate surface area is 166 Å². The number of carbonyl (C=O) groups excluding carboxylic acids is 1. The van der Waals surface area contributed by atoms with Crippen LogP contribution < -0.4 is 11.1 Å². The number of hydrogen-bond donors (Lipinski definition) is 2. The summed E-state index contributed by atoms with van der Waals surface area (Å²) in [5.41, 5.74) is 8.86. The minimum Gasteiger partial charge on any atom is -0.398 e. The lowest BCUT2D eigenvalue weighted by molar-refractivity contribution is -0.137. The van der Waals surface area contributed by atoms with E-state index in [4.69, 9.17) is 5.73 Å². The van der Waals surface area contributed by atoms with Gasteiger partial charge in [-0.1, -0.05) is 25.5 Å². The van der Waals surface area contributed by atoms with Gasteiger partial charge in [-0.2, -0.15) is 13.2 Å². The molecule has 0 aliphatic heterocycles. The molecule has 0 unspecified atom stereocenters. The predicted octanol–water partition coefficient (Wildman–Crippen LogP) is 4.76. The van der Waals surface area contributed by atoms with Crippen molar-refractivity contribution in [1.29, 1.82) is 0 Å². The second-order valence-corrected chi connectivity index (χ2v) is 6.89. The Morgan fingerprint density at radius 3 is 2.45 bits per heavy atom. The highest BCUT2D eigenvalue weighted by Gasteiger charge is 2.29. The third-order valence-corrected chi connectivity index (χ3v) is 4.64. The van der Waals surface area contributed by atoms with Crippen LogP contribution in [0.4, 0.5) is 18.9 Å². The average molecular weight is 401 g/mol. The topological polar surface area (TPSA) is 68.0 Å². The van der Waals surface area contributed by atoms with E-state index < -0.39 is 11.7 Å². The fraction of sp³-hybridized carbons (Fsp3) is 0.273. The fourth-order valence-corrected chi connectivity index (χ4v) is 3.12. The first-order chi connectivity index (χ1) is 13.8. The monoisotopic (exact) mass is 401 g/mol. The minimum atomic E-state index is -4.35. The summed E-state index contributed by atoms with van der Waals surface area (Å²) in [6, 6.07) is 11.9. The number of nitrogen functional groups attached to an aromatic ring is 1. The van der Waals surface area contributed by atoms with Gasteiger partial charge in [0, 0.05) is 28.9 Å². The molecule has 1 heterocycles. The van der Waals surface area contributed by atoms with Crippen LogP contribution in [0.15, 0.2) is 48.5 Å². The fourth-order valence-electron chi connectivity index (χ4n) is 3.12. The van der Waals surface area contributed by atoms with Gasteiger partial charge in [0.2, 0.25) is 0 Å². The Balaban J connectivity index is 1.64. The molecule has 0 aliphatic rings. The predicted molar refractivity (Wildman–Crippen MR) is 108 cm³/mol. The van der Waals surface area contributed by atoms with E-state index in [1.54, 1.807) is 18.2 Å². The summed E-state index contributed by atoms with van der Waals surface area (Å²) in [6.07, 6.45) is -2.11. The van der Waals surface area contributed by atoms with Gasteiger partial charge in [0.25, 0.3) is 5.91 Å². The number of fused-ring (bicyclic) bond motifs is 1. The molecule has 0 radical (unpaired) electrons. The van der Waals surface area contributed by atoms with Gasteiger partial charge < -0.3 is 11.1 Å². The van der Waals surface area contributed by atoms with Crippen molar-refractivity contribution in [3.63, 3.8) is 0 Å². The third-order valence-electron chi connectivity index (χ3n) is 4.64. The molecule has 7 heteroatoms. The van der Waals surface area contributed by atoms with Crippen LogP contribution in [0.5, 0.6) is 0 Å². The van der Waals surface area contributed by atoms with Gasteiger partial charge >= 0.3 is 6.18 Å². The summed E-state index contributed by atoms with van der Waals surface area (Å²) in [6.45, 7) is 2.38. The largest absolute Gasteiger partial charge is 0.416 e. The summed E-state index contributed by atoms with van der Waals surface area (Å²) in [5.74, 6) is -0.268. The van der Waals surface area contributed by atoms with Crippen LogP contribution in [-0.4, -0.2) is 17.4 Å². The van der Waals surface area contributed by atoms with Crippen molar-refractivity contribution in [3.05, 3.63) is 70.9 Å². The molecule has 3 aromatic rings. The van der Waals surface area contributed by atoms with Crippen LogP contribution in [0, 0.1) is 0 Å². The molecule has 0 atom stereocenters. The second kappa shape index (κ2) is 8.51. The van der Waals surface area contributed by atoms with Crippen molar-refractivity contribution in [2.45, 2.75) is 32.4 Å². The highest BCUT2D eigenvalue weighted by molar-refractivity contribution is 6.00. The first-order valence-electron chi connectivity index (χ1n) is 9.41. The lowest BCUT2D eigenvalue weighted by Crippen LogP contribution is -2.25. The minimum absolute atomic E-state index is 0.268. The number of nitrogens with two attached hydrogens (primary N) is 1. The van der Waals surface area contributed by atoms with Crippen LogP contribution >= 0.6 is 0 Å². The van der Waals surface area contributed by atoms with Gasteiger partial charge in [-0.05, 0) is 54.8 Å². The van der Waals surface area contributed by atoms with E-state index in [9.17, 15) is 18.0 Å². The maximum absolute atomic E-state index is 12.6. The number of aryl methyl sites for hydroxylation is 1. The van der Waals surface area contributed by atoms with Gasteiger partial charge in [0.1, 0.15) is 0 Å². The molecule has 1 amide bonds. The Bertz CT molecular complexity index is 1010. The van der Waals surface area contributed by atoms with Crippen molar-refractivity contribution >= 4 is 22.5 Å². The summed E-state index contributed by atoms with van der Waals surface area (Å²) in [7, 11) is 0. The number of rotatable bonds is 6. The second-order valence-electron chi connectivity index (χ2n) is 6.89. The number of halogens is 3. The molecule has 2 aromatic carbocycles. The molecular formula is C22H22F3N3O. The quantitative estimate of drug-likeness (QED) is 0.626. The highest BCUT2D eigenvalue weighted by Crippen LogP contribution is 2.29. The maximum Gasteiger partial charge on any atom is 0.416 e. The van der Waals surface area contributed by atoms with Gasteiger partial charge in [0.15, 0.2) is 0 Å². The number of amides is 1. The first kappa shape index (κ1) is 20.6. The average Bonchev–Trinajstić information content (AvgIpc) is 2.67. The number of anilines is 1. The molecule has 29 heavy (non-hydrogen) atoms. The smallest absolute Gasteiger partial charge is 0.398 e. The van der Waals surface area contributed by atoms with Crippen molar-refractivity contribution < 1.29 is 18.0 Å².